The van der Waals surface area contributed by atoms with Crippen LogP contribution in [-0.2, 0) is 6.54 Å². The average Bonchev–Trinajstić information content (AvgIpc) is 3.02. The third kappa shape index (κ3) is 3.68. The Morgan fingerprint density at radius 3 is 2.58 bits per heavy atom. The molecule has 158 valence electrons. The van der Waals surface area contributed by atoms with Gasteiger partial charge in [0.25, 0.3) is 0 Å². The van der Waals surface area contributed by atoms with Gasteiger partial charge in [-0.3, -0.25) is 4.98 Å². The topological polar surface area (TPSA) is 75.6 Å². The van der Waals surface area contributed by atoms with Crippen LogP contribution in [0, 0.1) is 0 Å². The molecule has 6 nitrogen and oxygen atoms in total. The summed E-state index contributed by atoms with van der Waals surface area (Å²) in [5.41, 5.74) is 8.16. The summed E-state index contributed by atoms with van der Waals surface area (Å²) in [7, 11) is 0. The lowest BCUT2D eigenvalue weighted by Crippen LogP contribution is -2.05. The van der Waals surface area contributed by atoms with Crippen LogP contribution in [0.2, 0.25) is 0 Å². The van der Waals surface area contributed by atoms with E-state index in [0.29, 0.717) is 12.5 Å². The lowest BCUT2D eigenvalue weighted by atomic mass is 10.0. The van der Waals surface area contributed by atoms with Gasteiger partial charge in [-0.05, 0) is 41.0 Å². The van der Waals surface area contributed by atoms with Gasteiger partial charge in [-0.1, -0.05) is 48.5 Å². The minimum Gasteiger partial charge on any atom is -0.350 e. The van der Waals surface area contributed by atoms with E-state index < -0.39 is 0 Å². The highest BCUT2D eigenvalue weighted by Gasteiger charge is 2.21. The van der Waals surface area contributed by atoms with Crippen LogP contribution >= 0.6 is 0 Å². The van der Waals surface area contributed by atoms with E-state index in [1.807, 2.05) is 30.5 Å². The first-order valence-corrected chi connectivity index (χ1v) is 10.8. The molecule has 0 atom stereocenters. The Hall–Kier alpha value is -4.58. The fourth-order valence-electron chi connectivity index (χ4n) is 4.09. The third-order valence-electron chi connectivity index (χ3n) is 5.70. The second-order valence-electron chi connectivity index (χ2n) is 7.82. The minimum atomic E-state index is 0.575. The highest BCUT2D eigenvalue weighted by Crippen LogP contribution is 2.41. The highest BCUT2D eigenvalue weighted by atomic mass is 15.1. The number of hydrogen-bond donors (Lipinski definition) is 2. The standard InChI is InChI=1S/C27H20N6/c1-2-7-19(8-3-1)20-9-4-6-18(14-20)15-30-27-31-16-23-21-11-13-28-17-24(21)32-26-22(25(23)33-27)10-5-12-29-26/h1-14,16-17H,15H2,(H,29,32)(H,30,31,33). The quantitative estimate of drug-likeness (QED) is 0.362. The van der Waals surface area contributed by atoms with Crippen molar-refractivity contribution in [1.29, 1.82) is 0 Å². The van der Waals surface area contributed by atoms with E-state index >= 15 is 0 Å². The summed E-state index contributed by atoms with van der Waals surface area (Å²) in [6.07, 6.45) is 7.22. The molecule has 6 heteroatoms. The van der Waals surface area contributed by atoms with E-state index in [4.69, 9.17) is 4.98 Å². The first kappa shape index (κ1) is 19.1. The van der Waals surface area contributed by atoms with E-state index in [1.165, 1.54) is 11.1 Å². The van der Waals surface area contributed by atoms with E-state index in [0.717, 1.165) is 39.5 Å². The number of benzene rings is 2. The van der Waals surface area contributed by atoms with Crippen LogP contribution in [0.4, 0.5) is 17.5 Å². The molecule has 0 aliphatic carbocycles. The average molecular weight is 428 g/mol. The minimum absolute atomic E-state index is 0.575. The highest BCUT2D eigenvalue weighted by molar-refractivity contribution is 5.95. The van der Waals surface area contributed by atoms with Crippen LogP contribution in [0.5, 0.6) is 0 Å². The largest absolute Gasteiger partial charge is 0.350 e. The Kier molecular flexibility index (Phi) is 4.73. The van der Waals surface area contributed by atoms with Gasteiger partial charge in [-0.2, -0.15) is 0 Å². The molecular weight excluding hydrogens is 408 g/mol. The van der Waals surface area contributed by atoms with Crippen LogP contribution in [0.25, 0.3) is 33.5 Å². The third-order valence-corrected chi connectivity index (χ3v) is 5.70. The first-order valence-electron chi connectivity index (χ1n) is 10.8. The summed E-state index contributed by atoms with van der Waals surface area (Å²) in [6.45, 7) is 0.623. The van der Waals surface area contributed by atoms with Gasteiger partial charge in [0.2, 0.25) is 5.95 Å². The Balaban J connectivity index is 1.33. The first-order chi connectivity index (χ1) is 16.3. The predicted octanol–water partition coefficient (Wildman–Crippen LogP) is 5.94. The molecule has 0 amide bonds. The van der Waals surface area contributed by atoms with E-state index in [9.17, 15) is 0 Å². The van der Waals surface area contributed by atoms with Crippen molar-refractivity contribution in [3.05, 3.63) is 103 Å². The van der Waals surface area contributed by atoms with Gasteiger partial charge in [0.1, 0.15) is 5.82 Å². The Morgan fingerprint density at radius 1 is 0.727 bits per heavy atom. The molecule has 1 aliphatic heterocycles. The molecule has 0 radical (unpaired) electrons. The maximum atomic E-state index is 4.89. The van der Waals surface area contributed by atoms with Crippen molar-refractivity contribution in [2.45, 2.75) is 6.54 Å². The predicted molar refractivity (Wildman–Crippen MR) is 131 cm³/mol. The molecule has 0 spiro atoms. The lowest BCUT2D eigenvalue weighted by Gasteiger charge is -2.11. The number of anilines is 3. The molecule has 6 rings (SSSR count). The summed E-state index contributed by atoms with van der Waals surface area (Å²) in [6, 6.07) is 24.8. The molecule has 0 unspecified atom stereocenters. The Bertz CT molecular complexity index is 1450. The molecule has 0 saturated heterocycles. The van der Waals surface area contributed by atoms with Gasteiger partial charge in [0.05, 0.1) is 17.6 Å². The molecule has 4 heterocycles. The second-order valence-corrected chi connectivity index (χ2v) is 7.82. The van der Waals surface area contributed by atoms with E-state index in [2.05, 4.69) is 74.1 Å². The number of fused-ring (bicyclic) bond motifs is 5. The van der Waals surface area contributed by atoms with E-state index in [-0.39, 0.29) is 0 Å². The monoisotopic (exact) mass is 428 g/mol. The molecule has 3 aromatic heterocycles. The molecule has 0 bridgehead atoms. The summed E-state index contributed by atoms with van der Waals surface area (Å²) >= 11 is 0. The molecule has 0 fully saturated rings. The van der Waals surface area contributed by atoms with E-state index in [1.54, 1.807) is 18.6 Å². The number of rotatable bonds is 4. The van der Waals surface area contributed by atoms with Crippen LogP contribution in [0.15, 0.2) is 97.6 Å². The summed E-state index contributed by atoms with van der Waals surface area (Å²) in [5, 5.41) is 6.78. The molecule has 2 aromatic carbocycles. The Labute approximate surface area is 191 Å². The van der Waals surface area contributed by atoms with Gasteiger partial charge in [-0.25, -0.2) is 15.0 Å². The smallest absolute Gasteiger partial charge is 0.223 e. The molecule has 33 heavy (non-hydrogen) atoms. The summed E-state index contributed by atoms with van der Waals surface area (Å²) in [5.74, 6) is 1.33. The fourth-order valence-corrected chi connectivity index (χ4v) is 4.09. The van der Waals surface area contributed by atoms with Gasteiger partial charge in [0, 0.05) is 41.8 Å². The number of hydrogen-bond acceptors (Lipinski definition) is 6. The number of nitrogens with one attached hydrogen (secondary N) is 2. The summed E-state index contributed by atoms with van der Waals surface area (Å²) in [4.78, 5) is 18.3. The molecule has 2 N–H and O–H groups in total. The van der Waals surface area contributed by atoms with Gasteiger partial charge in [-0.15, -0.1) is 0 Å². The van der Waals surface area contributed by atoms with Crippen molar-refractivity contribution in [2.75, 3.05) is 10.6 Å². The molecule has 1 aliphatic rings. The van der Waals surface area contributed by atoms with Crippen LogP contribution < -0.4 is 10.6 Å². The van der Waals surface area contributed by atoms with Crippen LogP contribution in [0.1, 0.15) is 5.56 Å². The van der Waals surface area contributed by atoms with Crippen molar-refractivity contribution in [2.24, 2.45) is 0 Å². The fraction of sp³-hybridized carbons (Fsp3) is 0.0370. The van der Waals surface area contributed by atoms with Crippen molar-refractivity contribution in [3.8, 4) is 33.5 Å². The summed E-state index contributed by atoms with van der Waals surface area (Å²) < 4.78 is 0. The Morgan fingerprint density at radius 2 is 1.64 bits per heavy atom. The maximum Gasteiger partial charge on any atom is 0.223 e. The molecule has 0 saturated carbocycles. The zero-order chi connectivity index (χ0) is 22.0. The number of aromatic nitrogens is 4. The van der Waals surface area contributed by atoms with Gasteiger partial charge >= 0.3 is 0 Å². The van der Waals surface area contributed by atoms with Crippen molar-refractivity contribution >= 4 is 17.5 Å². The van der Waals surface area contributed by atoms with Crippen molar-refractivity contribution in [3.63, 3.8) is 0 Å². The zero-order valence-corrected chi connectivity index (χ0v) is 17.7. The van der Waals surface area contributed by atoms with Gasteiger partial charge in [0.15, 0.2) is 0 Å². The number of pyridine rings is 2. The normalized spacial score (nSPS) is 11.4. The van der Waals surface area contributed by atoms with Crippen LogP contribution in [0.3, 0.4) is 0 Å². The molecule has 5 aromatic rings. The van der Waals surface area contributed by atoms with Crippen molar-refractivity contribution < 1.29 is 0 Å². The van der Waals surface area contributed by atoms with Crippen LogP contribution in [-0.4, -0.2) is 19.9 Å². The second kappa shape index (κ2) is 8.16. The van der Waals surface area contributed by atoms with Gasteiger partial charge < -0.3 is 10.6 Å². The number of nitrogens with zero attached hydrogens (tertiary/aromatic N) is 4. The maximum absolute atomic E-state index is 4.89. The zero-order valence-electron chi connectivity index (χ0n) is 17.7. The lowest BCUT2D eigenvalue weighted by molar-refractivity contribution is 1.06. The van der Waals surface area contributed by atoms with Crippen molar-refractivity contribution in [1.82, 2.24) is 19.9 Å². The SMILES string of the molecule is c1ccc(-c2cccc(CNc3ncc4c(n3)-c3cccnc3Nc3cnccc3-4)c2)cc1. The molecular formula is C27H20N6.